The van der Waals surface area contributed by atoms with Gasteiger partial charge in [-0.05, 0) is 37.4 Å². The predicted molar refractivity (Wildman–Crippen MR) is 70.9 cm³/mol. The first-order chi connectivity index (χ1) is 9.19. The molecule has 2 aliphatic rings. The molecule has 0 spiro atoms. The number of nitriles is 1. The Labute approximate surface area is 112 Å². The average molecular weight is 258 g/mol. The van der Waals surface area contributed by atoms with Gasteiger partial charge in [0.25, 0.3) is 5.91 Å². The van der Waals surface area contributed by atoms with Crippen LogP contribution in [0.25, 0.3) is 0 Å². The van der Waals surface area contributed by atoms with Crippen molar-refractivity contribution in [2.75, 3.05) is 33.2 Å². The molecule has 2 fully saturated rings. The van der Waals surface area contributed by atoms with Crippen molar-refractivity contribution in [1.82, 2.24) is 14.8 Å². The van der Waals surface area contributed by atoms with Crippen molar-refractivity contribution in [2.24, 2.45) is 0 Å². The number of aromatic nitrogens is 1. The number of H-pyrrole nitrogens is 1. The van der Waals surface area contributed by atoms with E-state index >= 15 is 0 Å². The molecule has 100 valence electrons. The number of hydrogen-bond donors (Lipinski definition) is 1. The molecule has 0 atom stereocenters. The third-order valence-electron chi connectivity index (χ3n) is 4.00. The topological polar surface area (TPSA) is 63.1 Å². The highest BCUT2D eigenvalue weighted by atomic mass is 16.2. The number of rotatable bonds is 2. The zero-order valence-electron chi connectivity index (χ0n) is 11.1. The van der Waals surface area contributed by atoms with E-state index in [2.05, 4.69) is 23.0 Å². The molecule has 1 saturated carbocycles. The highest BCUT2D eigenvalue weighted by Gasteiger charge is 2.30. The van der Waals surface area contributed by atoms with E-state index in [1.165, 1.54) is 0 Å². The van der Waals surface area contributed by atoms with E-state index < -0.39 is 0 Å². The maximum atomic E-state index is 12.4. The Kier molecular flexibility index (Phi) is 3.03. The van der Waals surface area contributed by atoms with Crippen molar-refractivity contribution in [1.29, 1.82) is 5.26 Å². The molecular formula is C14H18N4O. The molecule has 0 bridgehead atoms. The van der Waals surface area contributed by atoms with Crippen molar-refractivity contribution < 1.29 is 4.79 Å². The van der Waals surface area contributed by atoms with Gasteiger partial charge < -0.3 is 14.8 Å². The van der Waals surface area contributed by atoms with Crippen molar-refractivity contribution >= 4 is 5.91 Å². The maximum absolute atomic E-state index is 12.4. The predicted octanol–water partition coefficient (Wildman–Crippen LogP) is 1.15. The lowest BCUT2D eigenvalue weighted by Crippen LogP contribution is -2.47. The zero-order chi connectivity index (χ0) is 13.4. The van der Waals surface area contributed by atoms with Crippen molar-refractivity contribution in [3.05, 3.63) is 23.0 Å². The molecule has 1 aliphatic carbocycles. The minimum Gasteiger partial charge on any atom is -0.342 e. The number of aromatic amines is 1. The summed E-state index contributed by atoms with van der Waals surface area (Å²) in [5.41, 5.74) is 2.17. The molecule has 1 aromatic rings. The van der Waals surface area contributed by atoms with Gasteiger partial charge in [-0.2, -0.15) is 5.26 Å². The number of carbonyl (C=O) groups is 1. The molecule has 1 N–H and O–H groups in total. The Morgan fingerprint density at radius 2 is 2.05 bits per heavy atom. The van der Waals surface area contributed by atoms with Crippen LogP contribution < -0.4 is 0 Å². The molecular weight excluding hydrogens is 240 g/mol. The highest BCUT2D eigenvalue weighted by Crippen LogP contribution is 2.41. The number of hydrogen-bond acceptors (Lipinski definition) is 3. The second-order valence-electron chi connectivity index (χ2n) is 5.49. The lowest BCUT2D eigenvalue weighted by atomic mass is 10.1. The van der Waals surface area contributed by atoms with E-state index in [9.17, 15) is 4.79 Å². The maximum Gasteiger partial charge on any atom is 0.270 e. The van der Waals surface area contributed by atoms with Gasteiger partial charge in [-0.15, -0.1) is 0 Å². The number of amides is 1. The molecule has 2 heterocycles. The van der Waals surface area contributed by atoms with Crippen LogP contribution in [0.2, 0.25) is 0 Å². The van der Waals surface area contributed by atoms with E-state index in [4.69, 9.17) is 5.26 Å². The fourth-order valence-corrected chi connectivity index (χ4v) is 2.57. The van der Waals surface area contributed by atoms with Gasteiger partial charge in [0, 0.05) is 26.2 Å². The van der Waals surface area contributed by atoms with Crippen LogP contribution in [0.3, 0.4) is 0 Å². The zero-order valence-corrected chi connectivity index (χ0v) is 11.1. The average Bonchev–Trinajstić information content (AvgIpc) is 3.18. The summed E-state index contributed by atoms with van der Waals surface area (Å²) in [6.07, 6.45) is 2.27. The summed E-state index contributed by atoms with van der Waals surface area (Å²) < 4.78 is 0. The normalized spacial score (nSPS) is 20.3. The molecule has 0 radical (unpaired) electrons. The van der Waals surface area contributed by atoms with Gasteiger partial charge in [-0.25, -0.2) is 0 Å². The third kappa shape index (κ3) is 2.36. The van der Waals surface area contributed by atoms with Crippen LogP contribution in [-0.2, 0) is 0 Å². The second-order valence-corrected chi connectivity index (χ2v) is 5.49. The number of nitrogens with zero attached hydrogens (tertiary/aromatic N) is 3. The quantitative estimate of drug-likeness (QED) is 0.865. The van der Waals surface area contributed by atoms with Crippen molar-refractivity contribution in [2.45, 2.75) is 18.8 Å². The monoisotopic (exact) mass is 258 g/mol. The third-order valence-corrected chi connectivity index (χ3v) is 4.00. The molecule has 1 aromatic heterocycles. The SMILES string of the molecule is CN1CCN(C(=O)c2cc(C3CC3)c(C#N)[nH]2)CC1. The van der Waals surface area contributed by atoms with Gasteiger partial charge in [-0.1, -0.05) is 0 Å². The Morgan fingerprint density at radius 1 is 1.37 bits per heavy atom. The molecule has 19 heavy (non-hydrogen) atoms. The van der Waals surface area contributed by atoms with Crippen molar-refractivity contribution in [3.63, 3.8) is 0 Å². The standard InChI is InChI=1S/C14H18N4O/c1-17-4-6-18(7-5-17)14(19)12-8-11(10-2-3-10)13(9-15)16-12/h8,10,16H,2-7H2,1H3. The summed E-state index contributed by atoms with van der Waals surface area (Å²) >= 11 is 0. The molecule has 5 heteroatoms. The van der Waals surface area contributed by atoms with Crippen molar-refractivity contribution in [3.8, 4) is 6.07 Å². The van der Waals surface area contributed by atoms with Crippen LogP contribution >= 0.6 is 0 Å². The van der Waals surface area contributed by atoms with Gasteiger partial charge >= 0.3 is 0 Å². The number of nitrogens with one attached hydrogen (secondary N) is 1. The molecule has 1 aliphatic heterocycles. The first-order valence-corrected chi connectivity index (χ1v) is 6.80. The summed E-state index contributed by atoms with van der Waals surface area (Å²) in [7, 11) is 2.06. The van der Waals surface area contributed by atoms with Crippen LogP contribution in [0.15, 0.2) is 6.07 Å². The number of piperazine rings is 1. The van der Waals surface area contributed by atoms with Gasteiger partial charge in [-0.3, -0.25) is 4.79 Å². The minimum atomic E-state index is 0.0245. The molecule has 5 nitrogen and oxygen atoms in total. The molecule has 1 saturated heterocycles. The second kappa shape index (κ2) is 4.71. The summed E-state index contributed by atoms with van der Waals surface area (Å²) in [4.78, 5) is 19.5. The largest absolute Gasteiger partial charge is 0.342 e. The van der Waals surface area contributed by atoms with Crippen LogP contribution in [0.5, 0.6) is 0 Å². The van der Waals surface area contributed by atoms with E-state index in [-0.39, 0.29) is 5.91 Å². The Bertz CT molecular complexity index is 530. The van der Waals surface area contributed by atoms with Gasteiger partial charge in [0.15, 0.2) is 0 Å². The van der Waals surface area contributed by atoms with Gasteiger partial charge in [0.05, 0.1) is 0 Å². The summed E-state index contributed by atoms with van der Waals surface area (Å²) in [6, 6.07) is 4.05. The van der Waals surface area contributed by atoms with E-state index in [0.717, 1.165) is 44.6 Å². The summed E-state index contributed by atoms with van der Waals surface area (Å²) in [5, 5.41) is 9.12. The van der Waals surface area contributed by atoms with Crippen LogP contribution in [-0.4, -0.2) is 53.9 Å². The smallest absolute Gasteiger partial charge is 0.270 e. The fourth-order valence-electron chi connectivity index (χ4n) is 2.57. The first kappa shape index (κ1) is 12.2. The van der Waals surface area contributed by atoms with E-state index in [1.807, 2.05) is 11.0 Å². The van der Waals surface area contributed by atoms with Gasteiger partial charge in [0.1, 0.15) is 17.5 Å². The summed E-state index contributed by atoms with van der Waals surface area (Å²) in [5.74, 6) is 0.511. The first-order valence-electron chi connectivity index (χ1n) is 6.80. The summed E-state index contributed by atoms with van der Waals surface area (Å²) in [6.45, 7) is 3.34. The van der Waals surface area contributed by atoms with Gasteiger partial charge in [0.2, 0.25) is 0 Å². The van der Waals surface area contributed by atoms with Crippen LogP contribution in [0.4, 0.5) is 0 Å². The lowest BCUT2D eigenvalue weighted by molar-refractivity contribution is 0.0659. The minimum absolute atomic E-state index is 0.0245. The molecule has 1 amide bonds. The van der Waals surface area contributed by atoms with E-state index in [0.29, 0.717) is 17.3 Å². The Hall–Kier alpha value is -1.80. The van der Waals surface area contributed by atoms with Crippen LogP contribution in [0.1, 0.15) is 40.5 Å². The Morgan fingerprint density at radius 3 is 2.63 bits per heavy atom. The highest BCUT2D eigenvalue weighted by molar-refractivity contribution is 5.93. The molecule has 0 aromatic carbocycles. The van der Waals surface area contributed by atoms with Crippen LogP contribution in [0, 0.1) is 11.3 Å². The molecule has 3 rings (SSSR count). The molecule has 0 unspecified atom stereocenters. The number of carbonyl (C=O) groups excluding carboxylic acids is 1. The Balaban J connectivity index is 1.78. The number of likely N-dealkylation sites (N-methyl/N-ethyl adjacent to an activating group) is 1. The lowest BCUT2D eigenvalue weighted by Gasteiger charge is -2.32. The fraction of sp³-hybridized carbons (Fsp3) is 0.571. The van der Waals surface area contributed by atoms with E-state index in [1.54, 1.807) is 0 Å².